The van der Waals surface area contributed by atoms with E-state index in [0.29, 0.717) is 39.6 Å². The number of halogens is 1. The largest absolute Gasteiger partial charge is 0.383 e. The van der Waals surface area contributed by atoms with Crippen LogP contribution in [0.5, 0.6) is 0 Å². The van der Waals surface area contributed by atoms with Crippen LogP contribution < -0.4 is 15.9 Å². The molecule has 0 unspecified atom stereocenters. The molecule has 2 aromatic carbocycles. The van der Waals surface area contributed by atoms with Gasteiger partial charge >= 0.3 is 4.87 Å². The molecule has 0 radical (unpaired) electrons. The molecule has 7 aromatic rings. The minimum atomic E-state index is -0.769. The average Bonchev–Trinajstić information content (AvgIpc) is 3.65. The quantitative estimate of drug-likeness (QED) is 0.231. The standard InChI is InChI=1S/C31H20FN9O2S/c32-22-15-18(27-39-31(43)44-40-27)8-10-20(22)30(42)38-25-13-9-19(16-35-25)41-28(21-7-4-14-34-26(21)33)37-24-12-11-23(36-29(24)41)17-5-2-1-3-6-17/h1-16H,(H2,33,34)(H,35,38,42)(H,39,40,43). The van der Waals surface area contributed by atoms with E-state index in [-0.39, 0.29) is 22.1 Å². The van der Waals surface area contributed by atoms with E-state index in [0.717, 1.165) is 28.9 Å². The van der Waals surface area contributed by atoms with Gasteiger partial charge in [0.1, 0.15) is 23.0 Å². The van der Waals surface area contributed by atoms with Crippen molar-refractivity contribution in [3.63, 3.8) is 0 Å². The van der Waals surface area contributed by atoms with Crippen LogP contribution in [-0.2, 0) is 0 Å². The molecule has 4 N–H and O–H groups in total. The molecule has 0 fully saturated rings. The van der Waals surface area contributed by atoms with Crippen molar-refractivity contribution in [2.24, 2.45) is 0 Å². The van der Waals surface area contributed by atoms with Gasteiger partial charge < -0.3 is 11.1 Å². The second-order valence-corrected chi connectivity index (χ2v) is 10.3. The average molecular weight is 602 g/mol. The number of fused-ring (bicyclic) bond motifs is 1. The first-order chi connectivity index (χ1) is 21.4. The SMILES string of the molecule is Nc1ncccc1-c1nc2ccc(-c3ccccc3)nc2n1-c1ccc(NC(=O)c2ccc(-c3nsc(=O)[nH]3)cc2F)nc1. The molecule has 0 spiro atoms. The number of H-pyrrole nitrogens is 1. The van der Waals surface area contributed by atoms with Gasteiger partial charge in [-0.3, -0.25) is 19.1 Å². The number of nitrogens with zero attached hydrogens (tertiary/aromatic N) is 6. The highest BCUT2D eigenvalue weighted by Gasteiger charge is 2.20. The van der Waals surface area contributed by atoms with Gasteiger partial charge in [-0.25, -0.2) is 24.3 Å². The smallest absolute Gasteiger partial charge is 0.323 e. The summed E-state index contributed by atoms with van der Waals surface area (Å²) < 4.78 is 20.6. The number of hydrogen-bond acceptors (Lipinski definition) is 9. The number of nitrogen functional groups attached to an aromatic ring is 1. The number of amides is 1. The van der Waals surface area contributed by atoms with Crippen molar-refractivity contribution in [2.45, 2.75) is 0 Å². The van der Waals surface area contributed by atoms with E-state index < -0.39 is 11.7 Å². The summed E-state index contributed by atoms with van der Waals surface area (Å²) in [6, 6.07) is 24.5. The summed E-state index contributed by atoms with van der Waals surface area (Å²) in [6.07, 6.45) is 3.16. The van der Waals surface area contributed by atoms with Crippen molar-refractivity contribution in [3.05, 3.63) is 118 Å². The molecule has 0 atom stereocenters. The van der Waals surface area contributed by atoms with E-state index in [1.807, 2.05) is 53.1 Å². The lowest BCUT2D eigenvalue weighted by atomic mass is 10.1. The van der Waals surface area contributed by atoms with Crippen molar-refractivity contribution in [1.82, 2.24) is 33.9 Å². The predicted molar refractivity (Wildman–Crippen MR) is 166 cm³/mol. The van der Waals surface area contributed by atoms with E-state index in [1.54, 1.807) is 30.6 Å². The van der Waals surface area contributed by atoms with Crippen LogP contribution in [0.1, 0.15) is 10.4 Å². The number of nitrogens with two attached hydrogens (primary N) is 1. The molecular formula is C31H20FN9O2S. The van der Waals surface area contributed by atoms with Gasteiger partial charge in [0.25, 0.3) is 5.91 Å². The number of pyridine rings is 3. The number of aromatic nitrogens is 7. The second kappa shape index (κ2) is 11.0. The first-order valence-corrected chi connectivity index (χ1v) is 14.0. The van der Waals surface area contributed by atoms with Crippen molar-refractivity contribution in [3.8, 4) is 39.7 Å². The van der Waals surface area contributed by atoms with Gasteiger partial charge in [0.05, 0.1) is 28.7 Å². The first-order valence-electron chi connectivity index (χ1n) is 13.2. The molecular weight excluding hydrogens is 581 g/mol. The van der Waals surface area contributed by atoms with Crippen LogP contribution in [0.25, 0.3) is 50.9 Å². The Morgan fingerprint density at radius 1 is 0.932 bits per heavy atom. The highest BCUT2D eigenvalue weighted by atomic mass is 32.1. The van der Waals surface area contributed by atoms with Gasteiger partial charge in [-0.2, -0.15) is 4.37 Å². The third-order valence-electron chi connectivity index (χ3n) is 6.83. The van der Waals surface area contributed by atoms with E-state index in [2.05, 4.69) is 24.6 Å². The fourth-order valence-corrected chi connectivity index (χ4v) is 5.20. The monoisotopic (exact) mass is 601 g/mol. The van der Waals surface area contributed by atoms with Crippen LogP contribution in [0.3, 0.4) is 0 Å². The van der Waals surface area contributed by atoms with Gasteiger partial charge in [0.15, 0.2) is 17.3 Å². The summed E-state index contributed by atoms with van der Waals surface area (Å²) in [5, 5.41) is 2.63. The Hall–Kier alpha value is -6.08. The first kappa shape index (κ1) is 26.8. The van der Waals surface area contributed by atoms with Crippen LogP contribution in [0.15, 0.2) is 102 Å². The summed E-state index contributed by atoms with van der Waals surface area (Å²) in [5.41, 5.74) is 10.5. The van der Waals surface area contributed by atoms with Gasteiger partial charge in [-0.1, -0.05) is 36.4 Å². The number of carbonyl (C=O) groups is 1. The van der Waals surface area contributed by atoms with E-state index in [9.17, 15) is 14.0 Å². The van der Waals surface area contributed by atoms with Crippen molar-refractivity contribution in [2.75, 3.05) is 11.1 Å². The number of benzene rings is 2. The molecule has 5 heterocycles. The Balaban J connectivity index is 1.23. The highest BCUT2D eigenvalue weighted by Crippen LogP contribution is 2.32. The van der Waals surface area contributed by atoms with Crippen molar-refractivity contribution in [1.29, 1.82) is 0 Å². The number of carbonyl (C=O) groups excluding carboxylic acids is 1. The van der Waals surface area contributed by atoms with Crippen molar-refractivity contribution >= 4 is 40.2 Å². The summed E-state index contributed by atoms with van der Waals surface area (Å²) in [5.74, 6) is -0.200. The number of rotatable bonds is 6. The molecule has 5 aromatic heterocycles. The second-order valence-electron chi connectivity index (χ2n) is 9.61. The summed E-state index contributed by atoms with van der Waals surface area (Å²) >= 11 is 0.728. The minimum Gasteiger partial charge on any atom is -0.383 e. The van der Waals surface area contributed by atoms with Crippen LogP contribution in [0, 0.1) is 5.82 Å². The van der Waals surface area contributed by atoms with Crippen LogP contribution in [0.4, 0.5) is 16.0 Å². The summed E-state index contributed by atoms with van der Waals surface area (Å²) in [6.45, 7) is 0. The fraction of sp³-hybridized carbons (Fsp3) is 0. The molecule has 44 heavy (non-hydrogen) atoms. The number of nitrogens with one attached hydrogen (secondary N) is 2. The Labute approximate surface area is 252 Å². The maximum atomic E-state index is 14.9. The van der Waals surface area contributed by atoms with E-state index >= 15 is 0 Å². The Kier molecular flexibility index (Phi) is 6.68. The number of imidazole rings is 1. The topological polar surface area (TPSA) is 157 Å². The number of anilines is 2. The predicted octanol–water partition coefficient (Wildman–Crippen LogP) is 5.33. The zero-order valence-electron chi connectivity index (χ0n) is 22.6. The maximum absolute atomic E-state index is 14.9. The van der Waals surface area contributed by atoms with E-state index in [4.69, 9.17) is 15.7 Å². The van der Waals surface area contributed by atoms with Crippen LogP contribution in [-0.4, -0.2) is 39.8 Å². The molecule has 13 heteroatoms. The number of aromatic amines is 1. The molecule has 0 aliphatic carbocycles. The lowest BCUT2D eigenvalue weighted by Crippen LogP contribution is -2.15. The summed E-state index contributed by atoms with van der Waals surface area (Å²) in [4.78, 5) is 44.9. The van der Waals surface area contributed by atoms with Gasteiger partial charge in [-0.15, -0.1) is 0 Å². The maximum Gasteiger partial charge on any atom is 0.323 e. The number of hydrogen-bond donors (Lipinski definition) is 3. The molecule has 0 saturated carbocycles. The molecule has 1 amide bonds. The molecule has 0 aliphatic heterocycles. The third kappa shape index (κ3) is 4.97. The zero-order chi connectivity index (χ0) is 30.2. The molecule has 7 rings (SSSR count). The van der Waals surface area contributed by atoms with Crippen molar-refractivity contribution < 1.29 is 9.18 Å². The van der Waals surface area contributed by atoms with Crippen LogP contribution >= 0.6 is 11.5 Å². The molecule has 11 nitrogen and oxygen atoms in total. The van der Waals surface area contributed by atoms with Gasteiger partial charge in [-0.05, 0) is 48.5 Å². The fourth-order valence-electron chi connectivity index (χ4n) is 4.74. The summed E-state index contributed by atoms with van der Waals surface area (Å²) in [7, 11) is 0. The molecule has 214 valence electrons. The Bertz CT molecular complexity index is 2230. The molecule has 0 aliphatic rings. The van der Waals surface area contributed by atoms with E-state index in [1.165, 1.54) is 12.1 Å². The third-order valence-corrected chi connectivity index (χ3v) is 7.37. The Morgan fingerprint density at radius 3 is 2.52 bits per heavy atom. The van der Waals surface area contributed by atoms with Crippen LogP contribution in [0.2, 0.25) is 0 Å². The lowest BCUT2D eigenvalue weighted by molar-refractivity contribution is 0.102. The normalized spacial score (nSPS) is 11.1. The zero-order valence-corrected chi connectivity index (χ0v) is 23.4. The molecule has 0 saturated heterocycles. The van der Waals surface area contributed by atoms with Gasteiger partial charge in [0.2, 0.25) is 0 Å². The lowest BCUT2D eigenvalue weighted by Gasteiger charge is -2.11. The van der Waals surface area contributed by atoms with Gasteiger partial charge in [0, 0.05) is 28.9 Å². The highest BCUT2D eigenvalue weighted by molar-refractivity contribution is 7.03. The Morgan fingerprint density at radius 2 is 1.80 bits per heavy atom. The minimum absolute atomic E-state index is 0.190. The molecule has 0 bridgehead atoms.